The van der Waals surface area contributed by atoms with Crippen LogP contribution >= 0.6 is 0 Å². The predicted molar refractivity (Wildman–Crippen MR) is 127 cm³/mol. The number of esters is 1. The van der Waals surface area contributed by atoms with Crippen LogP contribution in [0.1, 0.15) is 30.2 Å². The molecule has 0 aliphatic rings. The summed E-state index contributed by atoms with van der Waals surface area (Å²) in [5.74, 6) is 0.0974. The Morgan fingerprint density at radius 3 is 2.03 bits per heavy atom. The van der Waals surface area contributed by atoms with Crippen LogP contribution in [0.5, 0.6) is 11.5 Å². The molecule has 9 heteroatoms. The number of aryl methyl sites for hydroxylation is 1. The Balaban J connectivity index is 1.47. The van der Waals surface area contributed by atoms with E-state index in [-0.39, 0.29) is 53.5 Å². The lowest BCUT2D eigenvalue weighted by molar-refractivity contribution is 0.0490. The van der Waals surface area contributed by atoms with Gasteiger partial charge in [-0.1, -0.05) is 19.1 Å². The summed E-state index contributed by atoms with van der Waals surface area (Å²) in [4.78, 5) is 37.0. The van der Waals surface area contributed by atoms with Gasteiger partial charge in [0.05, 0.1) is 6.61 Å². The summed E-state index contributed by atoms with van der Waals surface area (Å²) in [7, 11) is 0. The van der Waals surface area contributed by atoms with Crippen molar-refractivity contribution < 1.29 is 32.9 Å². The summed E-state index contributed by atoms with van der Waals surface area (Å²) < 4.78 is 27.4. The highest BCUT2D eigenvalue weighted by Crippen LogP contribution is 2.25. The third-order valence-electron chi connectivity index (χ3n) is 5.17. The lowest BCUT2D eigenvalue weighted by Crippen LogP contribution is -2.25. The van der Waals surface area contributed by atoms with E-state index in [1.54, 1.807) is 37.3 Å². The molecule has 9 nitrogen and oxygen atoms in total. The number of hydrogen-bond donors (Lipinski definition) is 1. The number of hydrogen-bond acceptors (Lipinski definition) is 9. The van der Waals surface area contributed by atoms with Crippen LogP contribution in [0.2, 0.25) is 0 Å². The first-order chi connectivity index (χ1) is 16.9. The number of aliphatic hydroxyl groups excluding tert-OH is 1. The van der Waals surface area contributed by atoms with Gasteiger partial charge in [0.1, 0.15) is 58.5 Å². The molecule has 0 amide bonds. The molecule has 0 spiro atoms. The van der Waals surface area contributed by atoms with Gasteiger partial charge >= 0.3 is 5.97 Å². The standard InChI is InChI=1S/C26H24O9/c1-3-16-11-17(28)24-19(7-5-9-21(24)34-16)32-13-15(27)14-33-20-8-6-10-22-25(20)18(29)12-23(35-22)26(30)31-4-2/h5-12,15,27H,3-4,13-14H2,1-2H3. The predicted octanol–water partition coefficient (Wildman–Crippen LogP) is 3.46. The maximum Gasteiger partial charge on any atom is 0.374 e. The minimum Gasteiger partial charge on any atom is -0.490 e. The van der Waals surface area contributed by atoms with Crippen LogP contribution < -0.4 is 20.3 Å². The molecular weight excluding hydrogens is 456 g/mol. The molecule has 2 aromatic carbocycles. The van der Waals surface area contributed by atoms with Gasteiger partial charge in [-0.05, 0) is 31.2 Å². The molecule has 0 aliphatic carbocycles. The van der Waals surface area contributed by atoms with E-state index in [4.69, 9.17) is 23.0 Å². The SMILES string of the molecule is CCOC(=O)c1cc(=O)c2c(OCC(O)COc3cccc4oc(CC)cc(=O)c34)cccc2o1. The maximum atomic E-state index is 12.6. The number of carbonyl (C=O) groups excluding carboxylic acids is 1. The quantitative estimate of drug-likeness (QED) is 0.359. The fraction of sp³-hybridized carbons (Fsp3) is 0.269. The molecule has 4 aromatic rings. The molecule has 0 fully saturated rings. The van der Waals surface area contributed by atoms with Gasteiger partial charge in [0.25, 0.3) is 0 Å². The van der Waals surface area contributed by atoms with Gasteiger partial charge in [0.2, 0.25) is 5.76 Å². The van der Waals surface area contributed by atoms with Crippen LogP contribution in [0.4, 0.5) is 0 Å². The molecule has 0 aliphatic heterocycles. The van der Waals surface area contributed by atoms with Crippen molar-refractivity contribution in [2.45, 2.75) is 26.4 Å². The Kier molecular flexibility index (Phi) is 7.17. The van der Waals surface area contributed by atoms with Crippen molar-refractivity contribution in [2.75, 3.05) is 19.8 Å². The highest BCUT2D eigenvalue weighted by Gasteiger charge is 2.17. The van der Waals surface area contributed by atoms with Crippen LogP contribution in [-0.2, 0) is 11.2 Å². The van der Waals surface area contributed by atoms with Crippen molar-refractivity contribution in [1.29, 1.82) is 0 Å². The summed E-state index contributed by atoms with van der Waals surface area (Å²) >= 11 is 0. The van der Waals surface area contributed by atoms with Crippen molar-refractivity contribution in [3.8, 4) is 11.5 Å². The molecule has 4 rings (SSSR count). The van der Waals surface area contributed by atoms with Crippen molar-refractivity contribution in [3.05, 3.63) is 80.5 Å². The van der Waals surface area contributed by atoms with Gasteiger partial charge in [0, 0.05) is 18.6 Å². The van der Waals surface area contributed by atoms with E-state index in [0.717, 1.165) is 6.07 Å². The molecule has 0 radical (unpaired) electrons. The van der Waals surface area contributed by atoms with Gasteiger partial charge in [-0.3, -0.25) is 9.59 Å². The van der Waals surface area contributed by atoms with Gasteiger partial charge in [-0.2, -0.15) is 0 Å². The number of benzene rings is 2. The van der Waals surface area contributed by atoms with Crippen molar-refractivity contribution in [3.63, 3.8) is 0 Å². The number of carbonyl (C=O) groups is 1. The Labute approximate surface area is 199 Å². The molecule has 0 saturated heterocycles. The third-order valence-corrected chi connectivity index (χ3v) is 5.17. The van der Waals surface area contributed by atoms with Gasteiger partial charge in [-0.25, -0.2) is 4.79 Å². The second-order valence-electron chi connectivity index (χ2n) is 7.66. The molecule has 1 unspecified atom stereocenters. The van der Waals surface area contributed by atoms with Crippen LogP contribution in [-0.4, -0.2) is 37.0 Å². The van der Waals surface area contributed by atoms with Gasteiger partial charge in [-0.15, -0.1) is 0 Å². The lowest BCUT2D eigenvalue weighted by atomic mass is 10.2. The number of aliphatic hydroxyl groups is 1. The molecule has 35 heavy (non-hydrogen) atoms. The molecule has 2 heterocycles. The summed E-state index contributed by atoms with van der Waals surface area (Å²) in [5, 5.41) is 10.8. The molecule has 182 valence electrons. The average Bonchev–Trinajstić information content (AvgIpc) is 2.85. The van der Waals surface area contributed by atoms with E-state index >= 15 is 0 Å². The summed E-state index contributed by atoms with van der Waals surface area (Å²) in [6.07, 6.45) is -0.489. The summed E-state index contributed by atoms with van der Waals surface area (Å²) in [6, 6.07) is 12.1. The zero-order chi connectivity index (χ0) is 24.9. The molecule has 1 N–H and O–H groups in total. The molecule has 0 saturated carbocycles. The molecule has 1 atom stereocenters. The summed E-state index contributed by atoms with van der Waals surface area (Å²) in [5.41, 5.74) is -0.154. The van der Waals surface area contributed by atoms with E-state index in [1.165, 1.54) is 12.1 Å². The van der Waals surface area contributed by atoms with Crippen LogP contribution in [0.3, 0.4) is 0 Å². The highest BCUT2D eigenvalue weighted by molar-refractivity contribution is 5.90. The fourth-order valence-corrected chi connectivity index (χ4v) is 3.54. The Bertz CT molecular complexity index is 1480. The topological polar surface area (TPSA) is 125 Å². The van der Waals surface area contributed by atoms with Crippen molar-refractivity contribution >= 4 is 27.9 Å². The van der Waals surface area contributed by atoms with Crippen LogP contribution in [0.25, 0.3) is 21.9 Å². The smallest absolute Gasteiger partial charge is 0.374 e. The van der Waals surface area contributed by atoms with Crippen LogP contribution in [0, 0.1) is 0 Å². The normalized spacial score (nSPS) is 12.0. The van der Waals surface area contributed by atoms with Gasteiger partial charge in [0.15, 0.2) is 10.9 Å². The van der Waals surface area contributed by atoms with Crippen molar-refractivity contribution in [1.82, 2.24) is 0 Å². The average molecular weight is 480 g/mol. The maximum absolute atomic E-state index is 12.6. The fourth-order valence-electron chi connectivity index (χ4n) is 3.54. The molecule has 2 aromatic heterocycles. The second kappa shape index (κ2) is 10.4. The van der Waals surface area contributed by atoms with Gasteiger partial charge < -0.3 is 28.2 Å². The Morgan fingerprint density at radius 2 is 1.46 bits per heavy atom. The highest BCUT2D eigenvalue weighted by atomic mass is 16.5. The van der Waals surface area contributed by atoms with Crippen LogP contribution in [0.15, 0.2) is 67.0 Å². The number of fused-ring (bicyclic) bond motifs is 2. The first-order valence-corrected chi connectivity index (χ1v) is 11.1. The molecule has 0 bridgehead atoms. The number of ether oxygens (including phenoxy) is 3. The zero-order valence-electron chi connectivity index (χ0n) is 19.2. The van der Waals surface area contributed by atoms with E-state index in [0.29, 0.717) is 23.2 Å². The summed E-state index contributed by atoms with van der Waals surface area (Å²) in [6.45, 7) is 3.32. The van der Waals surface area contributed by atoms with E-state index < -0.39 is 17.5 Å². The zero-order valence-corrected chi connectivity index (χ0v) is 19.2. The minimum atomic E-state index is -1.08. The Hall–Kier alpha value is -4.11. The minimum absolute atomic E-state index is 0.132. The lowest BCUT2D eigenvalue weighted by Gasteiger charge is -2.15. The third kappa shape index (κ3) is 5.20. The largest absolute Gasteiger partial charge is 0.490 e. The first-order valence-electron chi connectivity index (χ1n) is 11.1. The number of rotatable bonds is 9. The van der Waals surface area contributed by atoms with E-state index in [2.05, 4.69) is 0 Å². The van der Waals surface area contributed by atoms with Crippen molar-refractivity contribution in [2.24, 2.45) is 0 Å². The molecular formula is C26H24O9. The van der Waals surface area contributed by atoms with E-state index in [1.807, 2.05) is 6.92 Å². The van der Waals surface area contributed by atoms with E-state index in [9.17, 15) is 19.5 Å². The first kappa shape index (κ1) is 24.0. The monoisotopic (exact) mass is 480 g/mol. The second-order valence-corrected chi connectivity index (χ2v) is 7.66. The Morgan fingerprint density at radius 1 is 0.886 bits per heavy atom.